The Kier molecular flexibility index (Phi) is 1.49. The van der Waals surface area contributed by atoms with Gasteiger partial charge in [-0.25, -0.2) is 0 Å². The van der Waals surface area contributed by atoms with E-state index in [9.17, 15) is 4.39 Å². The van der Waals surface area contributed by atoms with Gasteiger partial charge in [-0.2, -0.15) is 9.65 Å². The molecule has 1 aliphatic rings. The molecule has 5 heteroatoms. The number of halogens is 1. The molecule has 0 saturated heterocycles. The molecular weight excluding hydrogens is 177 g/mol. The summed E-state index contributed by atoms with van der Waals surface area (Å²) in [5.41, 5.74) is -0.165. The van der Waals surface area contributed by atoms with Crippen molar-refractivity contribution in [1.29, 1.82) is 5.26 Å². The minimum absolute atomic E-state index is 0.0967. The van der Waals surface area contributed by atoms with E-state index >= 15 is 0 Å². The van der Waals surface area contributed by atoms with Gasteiger partial charge in [-0.1, -0.05) is 0 Å². The standard InChI is InChI=1S/C8H4FNO3/c9-6-7(11)4(2-10)1-5-8(6)13-3-12-5/h1,11H,3H2. The minimum atomic E-state index is -0.952. The fourth-order valence-corrected chi connectivity index (χ4v) is 1.08. The Morgan fingerprint density at radius 2 is 2.31 bits per heavy atom. The van der Waals surface area contributed by atoms with Crippen molar-refractivity contribution in [3.63, 3.8) is 0 Å². The third-order valence-electron chi connectivity index (χ3n) is 1.70. The summed E-state index contributed by atoms with van der Waals surface area (Å²) < 4.78 is 22.7. The zero-order valence-electron chi connectivity index (χ0n) is 6.37. The largest absolute Gasteiger partial charge is 0.504 e. The van der Waals surface area contributed by atoms with E-state index in [1.54, 1.807) is 6.07 Å². The number of nitrogens with zero attached hydrogens (tertiary/aromatic N) is 1. The van der Waals surface area contributed by atoms with Gasteiger partial charge in [0.05, 0.1) is 0 Å². The van der Waals surface area contributed by atoms with E-state index in [0.29, 0.717) is 0 Å². The number of hydrogen-bond donors (Lipinski definition) is 1. The van der Waals surface area contributed by atoms with E-state index in [1.165, 1.54) is 6.07 Å². The monoisotopic (exact) mass is 181 g/mol. The molecule has 1 aromatic rings. The molecule has 0 aliphatic carbocycles. The number of phenols is 1. The normalized spacial score (nSPS) is 12.6. The summed E-state index contributed by atoms with van der Waals surface area (Å²) in [5, 5.41) is 17.6. The Bertz CT molecular complexity index is 407. The average molecular weight is 181 g/mol. The van der Waals surface area contributed by atoms with Crippen molar-refractivity contribution >= 4 is 0 Å². The Morgan fingerprint density at radius 3 is 3.00 bits per heavy atom. The summed E-state index contributed by atoms with van der Waals surface area (Å²) in [6, 6.07) is 2.88. The third-order valence-corrected chi connectivity index (χ3v) is 1.70. The number of ether oxygens (including phenoxy) is 2. The highest BCUT2D eigenvalue weighted by Crippen LogP contribution is 2.40. The number of benzene rings is 1. The van der Waals surface area contributed by atoms with Crippen molar-refractivity contribution in [3.8, 4) is 23.3 Å². The average Bonchev–Trinajstić information content (AvgIpc) is 2.59. The van der Waals surface area contributed by atoms with Crippen LogP contribution in [0.3, 0.4) is 0 Å². The van der Waals surface area contributed by atoms with Crippen LogP contribution in [0, 0.1) is 17.1 Å². The molecule has 2 rings (SSSR count). The molecule has 0 amide bonds. The fraction of sp³-hybridized carbons (Fsp3) is 0.125. The summed E-state index contributed by atoms with van der Waals surface area (Å²) in [6.07, 6.45) is 0. The smallest absolute Gasteiger partial charge is 0.231 e. The van der Waals surface area contributed by atoms with Crippen LogP contribution in [0.5, 0.6) is 17.2 Å². The van der Waals surface area contributed by atoms with Crippen molar-refractivity contribution in [2.75, 3.05) is 6.79 Å². The van der Waals surface area contributed by atoms with Crippen LogP contribution in [-0.4, -0.2) is 11.9 Å². The molecule has 66 valence electrons. The Morgan fingerprint density at radius 1 is 1.54 bits per heavy atom. The van der Waals surface area contributed by atoms with E-state index in [2.05, 4.69) is 0 Å². The molecule has 1 N–H and O–H groups in total. The third kappa shape index (κ3) is 0.957. The molecule has 0 fully saturated rings. The van der Waals surface area contributed by atoms with Gasteiger partial charge in [0.2, 0.25) is 18.4 Å². The van der Waals surface area contributed by atoms with Gasteiger partial charge in [-0.15, -0.1) is 0 Å². The maximum Gasteiger partial charge on any atom is 0.231 e. The van der Waals surface area contributed by atoms with Gasteiger partial charge in [-0.3, -0.25) is 0 Å². The first kappa shape index (κ1) is 7.68. The molecule has 1 heterocycles. The van der Waals surface area contributed by atoms with Gasteiger partial charge in [0.15, 0.2) is 11.5 Å². The number of nitriles is 1. The van der Waals surface area contributed by atoms with Crippen LogP contribution in [0.15, 0.2) is 6.07 Å². The number of aromatic hydroxyl groups is 1. The zero-order chi connectivity index (χ0) is 9.42. The molecule has 0 bridgehead atoms. The molecule has 4 nitrogen and oxygen atoms in total. The Labute approximate surface area is 72.7 Å². The van der Waals surface area contributed by atoms with Gasteiger partial charge in [0, 0.05) is 6.07 Å². The van der Waals surface area contributed by atoms with Crippen LogP contribution in [0.25, 0.3) is 0 Å². The molecule has 0 spiro atoms. The molecule has 0 radical (unpaired) electrons. The maximum absolute atomic E-state index is 13.1. The predicted octanol–water partition coefficient (Wildman–Crippen LogP) is 1.13. The van der Waals surface area contributed by atoms with Crippen molar-refractivity contribution in [2.45, 2.75) is 0 Å². The minimum Gasteiger partial charge on any atom is -0.504 e. The summed E-state index contributed by atoms with van der Waals surface area (Å²) in [7, 11) is 0. The van der Waals surface area contributed by atoms with Crippen molar-refractivity contribution in [2.24, 2.45) is 0 Å². The van der Waals surface area contributed by atoms with Crippen LogP contribution < -0.4 is 9.47 Å². The Hall–Kier alpha value is -1.96. The highest BCUT2D eigenvalue weighted by Gasteiger charge is 2.24. The highest BCUT2D eigenvalue weighted by atomic mass is 19.1. The van der Waals surface area contributed by atoms with E-state index in [4.69, 9.17) is 19.8 Å². The second-order valence-electron chi connectivity index (χ2n) is 2.43. The molecule has 0 atom stereocenters. The topological polar surface area (TPSA) is 62.5 Å². The summed E-state index contributed by atoms with van der Waals surface area (Å²) >= 11 is 0. The summed E-state index contributed by atoms with van der Waals surface area (Å²) in [4.78, 5) is 0. The SMILES string of the molecule is N#Cc1cc2c(c(F)c1O)OCO2. The van der Waals surface area contributed by atoms with Crippen molar-refractivity contribution < 1.29 is 19.0 Å². The fourth-order valence-electron chi connectivity index (χ4n) is 1.08. The van der Waals surface area contributed by atoms with Gasteiger partial charge in [-0.05, 0) is 0 Å². The molecule has 13 heavy (non-hydrogen) atoms. The van der Waals surface area contributed by atoms with Crippen LogP contribution in [0.1, 0.15) is 5.56 Å². The predicted molar refractivity (Wildman–Crippen MR) is 38.9 cm³/mol. The summed E-state index contributed by atoms with van der Waals surface area (Å²) in [5.74, 6) is -1.65. The second-order valence-corrected chi connectivity index (χ2v) is 2.43. The Balaban J connectivity index is 2.70. The molecule has 0 unspecified atom stereocenters. The number of rotatable bonds is 0. The van der Waals surface area contributed by atoms with Gasteiger partial charge in [0.25, 0.3) is 0 Å². The molecule has 1 aliphatic heterocycles. The number of phenolic OH excluding ortho intramolecular Hbond substituents is 1. The first-order valence-corrected chi connectivity index (χ1v) is 3.45. The van der Waals surface area contributed by atoms with Crippen LogP contribution >= 0.6 is 0 Å². The van der Waals surface area contributed by atoms with E-state index in [-0.39, 0.29) is 23.9 Å². The summed E-state index contributed by atoms with van der Waals surface area (Å²) in [6.45, 7) is -0.0967. The van der Waals surface area contributed by atoms with Gasteiger partial charge < -0.3 is 14.6 Å². The lowest BCUT2D eigenvalue weighted by Crippen LogP contribution is -1.93. The number of hydrogen-bond acceptors (Lipinski definition) is 4. The maximum atomic E-state index is 13.1. The van der Waals surface area contributed by atoms with Crippen molar-refractivity contribution in [3.05, 3.63) is 17.4 Å². The lowest BCUT2D eigenvalue weighted by atomic mass is 10.2. The molecule has 0 aromatic heterocycles. The van der Waals surface area contributed by atoms with Gasteiger partial charge in [0.1, 0.15) is 11.6 Å². The van der Waals surface area contributed by atoms with Crippen molar-refractivity contribution in [1.82, 2.24) is 0 Å². The number of fused-ring (bicyclic) bond motifs is 1. The molecule has 1 aromatic carbocycles. The van der Waals surface area contributed by atoms with Crippen LogP contribution in [-0.2, 0) is 0 Å². The quantitative estimate of drug-likeness (QED) is 0.651. The molecular formula is C8H4FNO3. The first-order valence-electron chi connectivity index (χ1n) is 3.45. The van der Waals surface area contributed by atoms with Crippen LogP contribution in [0.2, 0.25) is 0 Å². The molecule has 0 saturated carbocycles. The lowest BCUT2D eigenvalue weighted by molar-refractivity contribution is 0.170. The highest BCUT2D eigenvalue weighted by molar-refractivity contribution is 5.56. The second kappa shape index (κ2) is 2.52. The van der Waals surface area contributed by atoms with E-state index in [0.717, 1.165) is 0 Å². The first-order chi connectivity index (χ1) is 6.24. The van der Waals surface area contributed by atoms with Crippen LogP contribution in [0.4, 0.5) is 4.39 Å². The zero-order valence-corrected chi connectivity index (χ0v) is 6.37. The van der Waals surface area contributed by atoms with E-state index < -0.39 is 11.6 Å². The van der Waals surface area contributed by atoms with Gasteiger partial charge >= 0.3 is 0 Å². The van der Waals surface area contributed by atoms with E-state index in [1.807, 2.05) is 0 Å². The lowest BCUT2D eigenvalue weighted by Gasteiger charge is -2.01.